The van der Waals surface area contributed by atoms with E-state index in [1.165, 1.54) is 24.3 Å². The average molecular weight is 377 g/mol. The number of hydrogen-bond acceptors (Lipinski definition) is 4. The molecule has 0 radical (unpaired) electrons. The van der Waals surface area contributed by atoms with Gasteiger partial charge in [-0.05, 0) is 60.5 Å². The number of anilines is 1. The highest BCUT2D eigenvalue weighted by molar-refractivity contribution is 5.55. The first kappa shape index (κ1) is 17.9. The molecule has 1 aromatic heterocycles. The molecule has 140 valence electrons. The molecule has 3 aromatic carbocycles. The van der Waals surface area contributed by atoms with Crippen LogP contribution in [0.25, 0.3) is 11.5 Å². The molecule has 6 heteroatoms. The molecule has 0 spiro atoms. The first-order valence-electron chi connectivity index (χ1n) is 8.77. The largest absolute Gasteiger partial charge is 0.418 e. The molecular formula is C22H17F2N3O. The molecule has 0 fully saturated rings. The van der Waals surface area contributed by atoms with Crippen LogP contribution in [-0.2, 0) is 0 Å². The lowest BCUT2D eigenvalue weighted by Gasteiger charge is -2.18. The smallest absolute Gasteiger partial charge is 0.247 e. The number of rotatable bonds is 5. The van der Waals surface area contributed by atoms with E-state index in [0.717, 1.165) is 22.4 Å². The summed E-state index contributed by atoms with van der Waals surface area (Å²) in [6.07, 6.45) is 0. The molecule has 4 nitrogen and oxygen atoms in total. The van der Waals surface area contributed by atoms with Crippen LogP contribution in [0.2, 0.25) is 0 Å². The van der Waals surface area contributed by atoms with Gasteiger partial charge in [-0.25, -0.2) is 8.78 Å². The molecule has 0 aliphatic heterocycles. The third kappa shape index (κ3) is 3.76. The van der Waals surface area contributed by atoms with E-state index in [1.807, 2.05) is 30.3 Å². The molecule has 0 aliphatic carbocycles. The maximum Gasteiger partial charge on any atom is 0.247 e. The SMILES string of the molecule is Cc1cc(F)ccc1N[C@H](c1ccc(F)cc1)c1nnc(-c2ccccc2)o1. The van der Waals surface area contributed by atoms with Crippen molar-refractivity contribution in [2.24, 2.45) is 0 Å². The van der Waals surface area contributed by atoms with Gasteiger partial charge in [0.1, 0.15) is 17.7 Å². The zero-order valence-electron chi connectivity index (χ0n) is 15.1. The van der Waals surface area contributed by atoms with Gasteiger partial charge in [-0.15, -0.1) is 10.2 Å². The normalized spacial score (nSPS) is 12.0. The molecular weight excluding hydrogens is 360 g/mol. The summed E-state index contributed by atoms with van der Waals surface area (Å²) in [5, 5.41) is 11.6. The van der Waals surface area contributed by atoms with Gasteiger partial charge in [0.25, 0.3) is 0 Å². The Morgan fingerprint density at radius 2 is 1.57 bits per heavy atom. The van der Waals surface area contributed by atoms with Crippen molar-refractivity contribution < 1.29 is 13.2 Å². The Labute approximate surface area is 160 Å². The van der Waals surface area contributed by atoms with E-state index in [1.54, 1.807) is 25.1 Å². The zero-order valence-corrected chi connectivity index (χ0v) is 15.1. The molecule has 0 unspecified atom stereocenters. The van der Waals surface area contributed by atoms with E-state index < -0.39 is 6.04 Å². The number of nitrogens with one attached hydrogen (secondary N) is 1. The van der Waals surface area contributed by atoms with Crippen molar-refractivity contribution in [3.8, 4) is 11.5 Å². The Balaban J connectivity index is 1.73. The maximum atomic E-state index is 13.5. The molecule has 0 aliphatic rings. The maximum absolute atomic E-state index is 13.5. The number of hydrogen-bond donors (Lipinski definition) is 1. The lowest BCUT2D eigenvalue weighted by atomic mass is 10.1. The highest BCUT2D eigenvalue weighted by Crippen LogP contribution is 2.30. The van der Waals surface area contributed by atoms with Gasteiger partial charge >= 0.3 is 0 Å². The van der Waals surface area contributed by atoms with Crippen molar-refractivity contribution in [1.29, 1.82) is 0 Å². The Bertz CT molecular complexity index is 1080. The second kappa shape index (κ2) is 7.60. The second-order valence-electron chi connectivity index (χ2n) is 6.40. The fourth-order valence-electron chi connectivity index (χ4n) is 2.94. The Morgan fingerprint density at radius 3 is 2.29 bits per heavy atom. The lowest BCUT2D eigenvalue weighted by molar-refractivity contribution is 0.493. The van der Waals surface area contributed by atoms with Crippen LogP contribution in [0.1, 0.15) is 23.1 Å². The van der Waals surface area contributed by atoms with Crippen molar-refractivity contribution in [1.82, 2.24) is 10.2 Å². The van der Waals surface area contributed by atoms with Gasteiger partial charge in [-0.3, -0.25) is 0 Å². The molecule has 0 amide bonds. The van der Waals surface area contributed by atoms with Crippen LogP contribution in [-0.4, -0.2) is 10.2 Å². The molecule has 4 rings (SSSR count). The van der Waals surface area contributed by atoms with Crippen molar-refractivity contribution in [2.45, 2.75) is 13.0 Å². The number of aryl methyl sites for hydroxylation is 1. The average Bonchev–Trinajstić information content (AvgIpc) is 3.19. The van der Waals surface area contributed by atoms with Crippen LogP contribution in [0, 0.1) is 18.6 Å². The van der Waals surface area contributed by atoms with Crippen LogP contribution < -0.4 is 5.32 Å². The topological polar surface area (TPSA) is 51.0 Å². The standard InChI is InChI=1S/C22H17F2N3O/c1-14-13-18(24)11-12-19(14)25-20(15-7-9-17(23)10-8-15)22-27-26-21(28-22)16-5-3-2-4-6-16/h2-13,20,25H,1H3/t20-/m1/s1. The number of halogens is 2. The molecule has 4 aromatic rings. The first-order chi connectivity index (χ1) is 13.6. The van der Waals surface area contributed by atoms with Crippen LogP contribution in [0.15, 0.2) is 77.2 Å². The second-order valence-corrected chi connectivity index (χ2v) is 6.40. The van der Waals surface area contributed by atoms with E-state index in [4.69, 9.17) is 4.42 Å². The minimum Gasteiger partial charge on any atom is -0.418 e. The minimum atomic E-state index is -0.519. The van der Waals surface area contributed by atoms with Crippen molar-refractivity contribution in [3.63, 3.8) is 0 Å². The Kier molecular flexibility index (Phi) is 4.85. The summed E-state index contributed by atoms with van der Waals surface area (Å²) in [7, 11) is 0. The van der Waals surface area contributed by atoms with Gasteiger partial charge in [0.05, 0.1) is 0 Å². The molecule has 1 atom stereocenters. The van der Waals surface area contributed by atoms with Crippen molar-refractivity contribution >= 4 is 5.69 Å². The fourth-order valence-corrected chi connectivity index (χ4v) is 2.94. The summed E-state index contributed by atoms with van der Waals surface area (Å²) in [6, 6.07) is 19.4. The highest BCUT2D eigenvalue weighted by atomic mass is 19.1. The molecule has 0 bridgehead atoms. The summed E-state index contributed by atoms with van der Waals surface area (Å²) in [5.41, 5.74) is 3.00. The lowest BCUT2D eigenvalue weighted by Crippen LogP contribution is -2.14. The third-order valence-electron chi connectivity index (χ3n) is 4.40. The van der Waals surface area contributed by atoms with E-state index in [0.29, 0.717) is 11.8 Å². The summed E-state index contributed by atoms with van der Waals surface area (Å²) >= 11 is 0. The van der Waals surface area contributed by atoms with Crippen LogP contribution in [0.5, 0.6) is 0 Å². The third-order valence-corrected chi connectivity index (χ3v) is 4.40. The Hall–Kier alpha value is -3.54. The minimum absolute atomic E-state index is 0.314. The van der Waals surface area contributed by atoms with Crippen LogP contribution in [0.3, 0.4) is 0 Å². The first-order valence-corrected chi connectivity index (χ1v) is 8.77. The molecule has 1 heterocycles. The fraction of sp³-hybridized carbons (Fsp3) is 0.0909. The number of aromatic nitrogens is 2. The van der Waals surface area contributed by atoms with Gasteiger partial charge in [0.2, 0.25) is 11.8 Å². The monoisotopic (exact) mass is 377 g/mol. The van der Waals surface area contributed by atoms with Crippen LogP contribution >= 0.6 is 0 Å². The van der Waals surface area contributed by atoms with E-state index in [2.05, 4.69) is 15.5 Å². The van der Waals surface area contributed by atoms with Gasteiger partial charge in [0.15, 0.2) is 0 Å². The van der Waals surface area contributed by atoms with Crippen molar-refractivity contribution in [3.05, 3.63) is 101 Å². The zero-order chi connectivity index (χ0) is 19.5. The molecule has 1 N–H and O–H groups in total. The van der Waals surface area contributed by atoms with E-state index in [-0.39, 0.29) is 11.6 Å². The summed E-state index contributed by atoms with van der Waals surface area (Å²) in [6.45, 7) is 1.80. The summed E-state index contributed by atoms with van der Waals surface area (Å²) in [5.74, 6) is 0.0658. The summed E-state index contributed by atoms with van der Waals surface area (Å²) < 4.78 is 32.8. The van der Waals surface area contributed by atoms with E-state index >= 15 is 0 Å². The number of benzene rings is 3. The van der Waals surface area contributed by atoms with Crippen molar-refractivity contribution in [2.75, 3.05) is 5.32 Å². The Morgan fingerprint density at radius 1 is 0.857 bits per heavy atom. The molecule has 0 saturated carbocycles. The molecule has 28 heavy (non-hydrogen) atoms. The van der Waals surface area contributed by atoms with Gasteiger partial charge in [0, 0.05) is 11.3 Å². The predicted molar refractivity (Wildman–Crippen MR) is 103 cm³/mol. The molecule has 0 saturated heterocycles. The quantitative estimate of drug-likeness (QED) is 0.497. The van der Waals surface area contributed by atoms with E-state index in [9.17, 15) is 8.78 Å². The number of nitrogens with zero attached hydrogens (tertiary/aromatic N) is 2. The van der Waals surface area contributed by atoms with Gasteiger partial charge < -0.3 is 9.73 Å². The van der Waals surface area contributed by atoms with Gasteiger partial charge in [-0.2, -0.15) is 0 Å². The summed E-state index contributed by atoms with van der Waals surface area (Å²) in [4.78, 5) is 0. The predicted octanol–water partition coefficient (Wildman–Crippen LogP) is 5.52. The van der Waals surface area contributed by atoms with Gasteiger partial charge in [-0.1, -0.05) is 30.3 Å². The van der Waals surface area contributed by atoms with Crippen LogP contribution in [0.4, 0.5) is 14.5 Å². The highest BCUT2D eigenvalue weighted by Gasteiger charge is 2.22.